The minimum atomic E-state index is -0.503. The summed E-state index contributed by atoms with van der Waals surface area (Å²) in [6.07, 6.45) is 1.64. The average molecular weight is 382 g/mol. The highest BCUT2D eigenvalue weighted by Gasteiger charge is 2.14. The van der Waals surface area contributed by atoms with E-state index in [4.69, 9.17) is 10.3 Å². The number of benzene rings is 1. The monoisotopic (exact) mass is 382 g/mol. The van der Waals surface area contributed by atoms with Crippen molar-refractivity contribution in [1.82, 2.24) is 15.5 Å². The number of aromatic nitrogens is 2. The molecule has 0 saturated heterocycles. The second kappa shape index (κ2) is 8.50. The molecule has 8 heteroatoms. The van der Waals surface area contributed by atoms with Gasteiger partial charge in [-0.3, -0.25) is 9.59 Å². The molecule has 2 aromatic heterocycles. The molecule has 0 bridgehead atoms. The number of carbonyl (C=O) groups excluding carboxylic acids is 2. The van der Waals surface area contributed by atoms with Crippen molar-refractivity contribution in [3.05, 3.63) is 76.8 Å². The minimum Gasteiger partial charge on any atom is -0.366 e. The van der Waals surface area contributed by atoms with Gasteiger partial charge < -0.3 is 15.6 Å². The number of rotatable bonds is 7. The number of pyridine rings is 1. The first kappa shape index (κ1) is 18.7. The zero-order chi connectivity index (χ0) is 19.2. The van der Waals surface area contributed by atoms with Crippen molar-refractivity contribution in [2.45, 2.75) is 24.2 Å². The van der Waals surface area contributed by atoms with Gasteiger partial charge in [-0.05, 0) is 36.8 Å². The standard InChI is InChI=1S/C19H18N4O3S/c1-12-8-15(23-26-12)11-27-19-16(6-3-7-21-19)18(25)22-10-13-4-2-5-14(9-13)17(20)24/h2-9H,10-11H2,1H3,(H2,20,24)(H,22,25). The van der Waals surface area contributed by atoms with Crippen molar-refractivity contribution >= 4 is 23.6 Å². The second-order valence-electron chi connectivity index (χ2n) is 5.82. The normalized spacial score (nSPS) is 10.6. The van der Waals surface area contributed by atoms with E-state index >= 15 is 0 Å². The van der Waals surface area contributed by atoms with Crippen LogP contribution in [-0.4, -0.2) is 22.0 Å². The van der Waals surface area contributed by atoms with Crippen LogP contribution in [0.15, 0.2) is 58.2 Å². The number of nitrogens with zero attached hydrogens (tertiary/aromatic N) is 2. The number of thioether (sulfide) groups is 1. The highest BCUT2D eigenvalue weighted by Crippen LogP contribution is 2.24. The van der Waals surface area contributed by atoms with Gasteiger partial charge in [0.2, 0.25) is 5.91 Å². The summed E-state index contributed by atoms with van der Waals surface area (Å²) in [5.41, 5.74) is 7.75. The van der Waals surface area contributed by atoms with Crippen LogP contribution in [0.25, 0.3) is 0 Å². The highest BCUT2D eigenvalue weighted by molar-refractivity contribution is 7.98. The molecular formula is C19H18N4O3S. The van der Waals surface area contributed by atoms with Crippen molar-refractivity contribution in [3.8, 4) is 0 Å². The Morgan fingerprint density at radius 2 is 2.07 bits per heavy atom. The van der Waals surface area contributed by atoms with E-state index in [0.29, 0.717) is 21.9 Å². The fourth-order valence-electron chi connectivity index (χ4n) is 2.42. The average Bonchev–Trinajstić information content (AvgIpc) is 3.10. The molecule has 3 rings (SSSR count). The molecule has 0 fully saturated rings. The number of nitrogens with two attached hydrogens (primary N) is 1. The van der Waals surface area contributed by atoms with E-state index in [0.717, 1.165) is 17.0 Å². The van der Waals surface area contributed by atoms with Gasteiger partial charge in [0.15, 0.2) is 0 Å². The van der Waals surface area contributed by atoms with Crippen molar-refractivity contribution < 1.29 is 14.1 Å². The third-order valence-electron chi connectivity index (χ3n) is 3.71. The third-order valence-corrected chi connectivity index (χ3v) is 4.75. The van der Waals surface area contributed by atoms with Crippen LogP contribution in [0.4, 0.5) is 0 Å². The van der Waals surface area contributed by atoms with Crippen LogP contribution >= 0.6 is 11.8 Å². The van der Waals surface area contributed by atoms with E-state index in [9.17, 15) is 9.59 Å². The summed E-state index contributed by atoms with van der Waals surface area (Å²) >= 11 is 1.41. The zero-order valence-corrected chi connectivity index (χ0v) is 15.5. The van der Waals surface area contributed by atoms with Gasteiger partial charge in [0.1, 0.15) is 10.8 Å². The van der Waals surface area contributed by atoms with Crippen molar-refractivity contribution in [2.24, 2.45) is 5.73 Å². The fourth-order valence-corrected chi connectivity index (χ4v) is 3.29. The number of aryl methyl sites for hydroxylation is 1. The van der Waals surface area contributed by atoms with Gasteiger partial charge in [-0.2, -0.15) is 0 Å². The molecule has 0 spiro atoms. The van der Waals surface area contributed by atoms with Crippen molar-refractivity contribution in [3.63, 3.8) is 0 Å². The molecule has 7 nitrogen and oxygen atoms in total. The van der Waals surface area contributed by atoms with Crippen molar-refractivity contribution in [1.29, 1.82) is 0 Å². The number of amides is 2. The zero-order valence-electron chi connectivity index (χ0n) is 14.6. The first-order chi connectivity index (χ1) is 13.0. The maximum atomic E-state index is 12.6. The molecule has 3 aromatic rings. The molecule has 27 heavy (non-hydrogen) atoms. The van der Waals surface area contributed by atoms with Crippen LogP contribution in [0.2, 0.25) is 0 Å². The van der Waals surface area contributed by atoms with Gasteiger partial charge in [0, 0.05) is 30.1 Å². The molecule has 0 aliphatic heterocycles. The first-order valence-corrected chi connectivity index (χ1v) is 9.18. The lowest BCUT2D eigenvalue weighted by atomic mass is 10.1. The van der Waals surface area contributed by atoms with E-state index in [1.807, 2.05) is 19.1 Å². The molecule has 0 unspecified atom stereocenters. The lowest BCUT2D eigenvalue weighted by molar-refractivity contribution is 0.0946. The van der Waals surface area contributed by atoms with E-state index in [1.54, 1.807) is 36.5 Å². The van der Waals surface area contributed by atoms with E-state index < -0.39 is 5.91 Å². The van der Waals surface area contributed by atoms with Crippen LogP contribution in [0, 0.1) is 6.92 Å². The fraction of sp³-hybridized carbons (Fsp3) is 0.158. The molecule has 2 heterocycles. The molecule has 3 N–H and O–H groups in total. The maximum absolute atomic E-state index is 12.6. The number of carbonyl (C=O) groups is 2. The molecule has 0 atom stereocenters. The van der Waals surface area contributed by atoms with Crippen LogP contribution in [0.5, 0.6) is 0 Å². The number of nitrogens with one attached hydrogen (secondary N) is 1. The number of hydrogen-bond donors (Lipinski definition) is 2. The predicted octanol–water partition coefficient (Wildman–Crippen LogP) is 2.70. The molecule has 138 valence electrons. The van der Waals surface area contributed by atoms with Gasteiger partial charge in [0.25, 0.3) is 5.91 Å². The maximum Gasteiger partial charge on any atom is 0.254 e. The van der Waals surface area contributed by atoms with Crippen LogP contribution in [-0.2, 0) is 12.3 Å². The van der Waals surface area contributed by atoms with Gasteiger partial charge >= 0.3 is 0 Å². The summed E-state index contributed by atoms with van der Waals surface area (Å²) in [6, 6.07) is 12.1. The van der Waals surface area contributed by atoms with Gasteiger partial charge in [-0.15, -0.1) is 0 Å². The first-order valence-electron chi connectivity index (χ1n) is 8.20. The Morgan fingerprint density at radius 1 is 1.22 bits per heavy atom. The van der Waals surface area contributed by atoms with Gasteiger partial charge in [0.05, 0.1) is 11.3 Å². The Balaban J connectivity index is 1.66. The Hall–Kier alpha value is -3.13. The topological polar surface area (TPSA) is 111 Å². The summed E-state index contributed by atoms with van der Waals surface area (Å²) in [4.78, 5) is 28.1. The van der Waals surface area contributed by atoms with E-state index in [1.165, 1.54) is 11.8 Å². The highest BCUT2D eigenvalue weighted by atomic mass is 32.2. The molecule has 0 aliphatic rings. The molecule has 0 aliphatic carbocycles. The lowest BCUT2D eigenvalue weighted by Gasteiger charge is -2.09. The van der Waals surface area contributed by atoms with Crippen LogP contribution in [0.3, 0.4) is 0 Å². The number of primary amides is 1. The predicted molar refractivity (Wildman–Crippen MR) is 101 cm³/mol. The van der Waals surface area contributed by atoms with Crippen LogP contribution < -0.4 is 11.1 Å². The Morgan fingerprint density at radius 3 is 2.81 bits per heavy atom. The van der Waals surface area contributed by atoms with Crippen molar-refractivity contribution in [2.75, 3.05) is 0 Å². The van der Waals surface area contributed by atoms with E-state index in [-0.39, 0.29) is 12.5 Å². The van der Waals surface area contributed by atoms with Gasteiger partial charge in [-0.1, -0.05) is 29.1 Å². The molecule has 1 aromatic carbocycles. The molecule has 0 saturated carbocycles. The minimum absolute atomic E-state index is 0.244. The summed E-state index contributed by atoms with van der Waals surface area (Å²) in [5.74, 6) is 0.543. The lowest BCUT2D eigenvalue weighted by Crippen LogP contribution is -2.24. The smallest absolute Gasteiger partial charge is 0.254 e. The van der Waals surface area contributed by atoms with E-state index in [2.05, 4.69) is 15.5 Å². The Labute approximate surface area is 160 Å². The molecule has 0 radical (unpaired) electrons. The Bertz CT molecular complexity index is 971. The summed E-state index contributed by atoms with van der Waals surface area (Å²) in [7, 11) is 0. The largest absolute Gasteiger partial charge is 0.366 e. The SMILES string of the molecule is Cc1cc(CSc2ncccc2C(=O)NCc2cccc(C(N)=O)c2)no1. The summed E-state index contributed by atoms with van der Waals surface area (Å²) < 4.78 is 5.05. The second-order valence-corrected chi connectivity index (χ2v) is 6.79. The number of hydrogen-bond acceptors (Lipinski definition) is 6. The third kappa shape index (κ3) is 4.95. The quantitative estimate of drug-likeness (QED) is 0.608. The molecule has 2 amide bonds. The molecular weight excluding hydrogens is 364 g/mol. The summed E-state index contributed by atoms with van der Waals surface area (Å²) in [5, 5.41) is 7.40. The Kier molecular flexibility index (Phi) is 5.87. The summed E-state index contributed by atoms with van der Waals surface area (Å²) in [6.45, 7) is 2.11. The van der Waals surface area contributed by atoms with Gasteiger partial charge in [-0.25, -0.2) is 4.98 Å². The van der Waals surface area contributed by atoms with Crippen LogP contribution in [0.1, 0.15) is 37.7 Å².